The molecular formula is C20H23N5O3S. The van der Waals surface area contributed by atoms with Gasteiger partial charge < -0.3 is 20.8 Å². The molecule has 5 N–H and O–H groups in total. The fraction of sp³-hybridized carbons (Fsp3) is 0.450. The van der Waals surface area contributed by atoms with Crippen molar-refractivity contribution in [2.24, 2.45) is 0 Å². The van der Waals surface area contributed by atoms with Crippen LogP contribution < -0.4 is 16.2 Å². The minimum atomic E-state index is -0.901. The SMILES string of the molecule is O=c1[nH]c(NC2CCC2)nc(N[C@@H]2CC[C@@H](O)[C@H]2O)c1-c1nc2ccccc2s1. The molecule has 9 heteroatoms. The van der Waals surface area contributed by atoms with Gasteiger partial charge in [-0.1, -0.05) is 12.1 Å². The van der Waals surface area contributed by atoms with E-state index in [0.29, 0.717) is 41.2 Å². The molecule has 0 radical (unpaired) electrons. The Morgan fingerprint density at radius 2 is 1.90 bits per heavy atom. The molecule has 0 unspecified atom stereocenters. The summed E-state index contributed by atoms with van der Waals surface area (Å²) in [5, 5.41) is 27.2. The van der Waals surface area contributed by atoms with Crippen molar-refractivity contribution in [3.63, 3.8) is 0 Å². The maximum atomic E-state index is 13.0. The predicted octanol–water partition coefficient (Wildman–Crippen LogP) is 2.31. The molecular weight excluding hydrogens is 390 g/mol. The van der Waals surface area contributed by atoms with Crippen LogP contribution in [-0.2, 0) is 0 Å². The first kappa shape index (κ1) is 18.5. The topological polar surface area (TPSA) is 123 Å². The second-order valence-corrected chi connectivity index (χ2v) is 8.81. The minimum Gasteiger partial charge on any atom is -0.390 e. The second kappa shape index (κ2) is 7.40. The van der Waals surface area contributed by atoms with E-state index in [2.05, 4.69) is 25.6 Å². The molecule has 2 aromatic heterocycles. The van der Waals surface area contributed by atoms with Crippen molar-refractivity contribution in [1.29, 1.82) is 0 Å². The number of aromatic nitrogens is 3. The number of thiazole rings is 1. The Labute approximate surface area is 171 Å². The largest absolute Gasteiger partial charge is 0.390 e. The first-order valence-corrected chi connectivity index (χ1v) is 10.8. The number of para-hydroxylation sites is 1. The van der Waals surface area contributed by atoms with Gasteiger partial charge in [0.05, 0.1) is 28.5 Å². The second-order valence-electron chi connectivity index (χ2n) is 7.78. The van der Waals surface area contributed by atoms with Gasteiger partial charge in [-0.05, 0) is 44.2 Å². The van der Waals surface area contributed by atoms with Crippen LogP contribution in [0.5, 0.6) is 0 Å². The first-order valence-electron chi connectivity index (χ1n) is 9.98. The lowest BCUT2D eigenvalue weighted by molar-refractivity contribution is 0.0391. The zero-order valence-corrected chi connectivity index (χ0v) is 16.6. The standard InChI is InChI=1S/C20H23N5O3S/c26-13-9-8-12(16(13)27)22-17-15(19-23-11-6-1-2-7-14(11)29-19)18(28)25-20(24-17)21-10-4-3-5-10/h1-2,6-7,10,12-13,16,26-27H,3-5,8-9H2,(H3,21,22,24,25,28)/t12-,13-,16+/m1/s1. The Balaban J connectivity index is 1.57. The molecule has 29 heavy (non-hydrogen) atoms. The highest BCUT2D eigenvalue weighted by Crippen LogP contribution is 2.33. The third-order valence-electron chi connectivity index (χ3n) is 5.78. The van der Waals surface area contributed by atoms with Gasteiger partial charge in [0.25, 0.3) is 5.56 Å². The number of aliphatic hydroxyl groups excluding tert-OH is 2. The van der Waals surface area contributed by atoms with Gasteiger partial charge >= 0.3 is 0 Å². The van der Waals surface area contributed by atoms with E-state index in [1.54, 1.807) is 0 Å². The van der Waals surface area contributed by atoms with Crippen LogP contribution in [0, 0.1) is 0 Å². The van der Waals surface area contributed by atoms with Crippen molar-refractivity contribution >= 4 is 33.3 Å². The fourth-order valence-electron chi connectivity index (χ4n) is 3.86. The van der Waals surface area contributed by atoms with Crippen molar-refractivity contribution in [3.8, 4) is 10.6 Å². The molecule has 3 atom stereocenters. The highest BCUT2D eigenvalue weighted by molar-refractivity contribution is 7.21. The molecule has 0 amide bonds. The Kier molecular flexibility index (Phi) is 4.73. The molecule has 1 aromatic carbocycles. The maximum absolute atomic E-state index is 13.0. The average Bonchev–Trinajstić information content (AvgIpc) is 3.23. The van der Waals surface area contributed by atoms with Crippen LogP contribution in [0.15, 0.2) is 29.1 Å². The summed E-state index contributed by atoms with van der Waals surface area (Å²) in [4.78, 5) is 25.1. The van der Waals surface area contributed by atoms with E-state index >= 15 is 0 Å². The van der Waals surface area contributed by atoms with E-state index < -0.39 is 12.2 Å². The van der Waals surface area contributed by atoms with Gasteiger partial charge in [-0.3, -0.25) is 9.78 Å². The summed E-state index contributed by atoms with van der Waals surface area (Å²) in [6.45, 7) is 0. The molecule has 8 nitrogen and oxygen atoms in total. The van der Waals surface area contributed by atoms with Crippen LogP contribution in [0.25, 0.3) is 20.8 Å². The number of anilines is 2. The summed E-state index contributed by atoms with van der Waals surface area (Å²) >= 11 is 1.43. The van der Waals surface area contributed by atoms with Gasteiger partial charge in [0.15, 0.2) is 0 Å². The van der Waals surface area contributed by atoms with Gasteiger partial charge in [-0.2, -0.15) is 4.98 Å². The Hall–Kier alpha value is -2.49. The zero-order chi connectivity index (χ0) is 20.0. The number of hydrogen-bond acceptors (Lipinski definition) is 8. The number of aromatic amines is 1. The van der Waals surface area contributed by atoms with Crippen molar-refractivity contribution in [2.45, 2.75) is 56.4 Å². The van der Waals surface area contributed by atoms with Crippen molar-refractivity contribution < 1.29 is 10.2 Å². The van der Waals surface area contributed by atoms with Crippen LogP contribution in [0.2, 0.25) is 0 Å². The third-order valence-corrected chi connectivity index (χ3v) is 6.83. The lowest BCUT2D eigenvalue weighted by Gasteiger charge is -2.27. The molecule has 0 aliphatic heterocycles. The predicted molar refractivity (Wildman–Crippen MR) is 113 cm³/mol. The van der Waals surface area contributed by atoms with Gasteiger partial charge in [0, 0.05) is 6.04 Å². The molecule has 152 valence electrons. The van der Waals surface area contributed by atoms with Gasteiger partial charge in [0.1, 0.15) is 16.4 Å². The summed E-state index contributed by atoms with van der Waals surface area (Å²) in [5.41, 5.74) is 0.904. The molecule has 0 spiro atoms. The maximum Gasteiger partial charge on any atom is 0.264 e. The summed E-state index contributed by atoms with van der Waals surface area (Å²) in [7, 11) is 0. The van der Waals surface area contributed by atoms with E-state index in [9.17, 15) is 15.0 Å². The van der Waals surface area contributed by atoms with Crippen LogP contribution in [0.1, 0.15) is 32.1 Å². The normalized spacial score (nSPS) is 24.6. The third kappa shape index (κ3) is 3.50. The van der Waals surface area contributed by atoms with Gasteiger partial charge in [-0.15, -0.1) is 11.3 Å². The molecule has 3 aromatic rings. The summed E-state index contributed by atoms with van der Waals surface area (Å²) < 4.78 is 0.987. The zero-order valence-electron chi connectivity index (χ0n) is 15.8. The van der Waals surface area contributed by atoms with Gasteiger partial charge in [0.2, 0.25) is 5.95 Å². The lowest BCUT2D eigenvalue weighted by atomic mass is 9.93. The number of nitrogens with zero attached hydrogens (tertiary/aromatic N) is 2. The number of rotatable bonds is 5. The highest BCUT2D eigenvalue weighted by Gasteiger charge is 2.34. The van der Waals surface area contributed by atoms with Crippen LogP contribution in [-0.4, -0.2) is 49.5 Å². The number of fused-ring (bicyclic) bond motifs is 1. The van der Waals surface area contributed by atoms with Crippen molar-refractivity contribution in [2.75, 3.05) is 10.6 Å². The summed E-state index contributed by atoms with van der Waals surface area (Å²) in [5.74, 6) is 0.799. The smallest absolute Gasteiger partial charge is 0.264 e. The Bertz CT molecular complexity index is 1060. The number of nitrogens with one attached hydrogen (secondary N) is 3. The highest BCUT2D eigenvalue weighted by atomic mass is 32.1. The van der Waals surface area contributed by atoms with E-state index in [1.807, 2.05) is 24.3 Å². The monoisotopic (exact) mass is 413 g/mol. The molecule has 5 rings (SSSR count). The molecule has 2 heterocycles. The average molecular weight is 414 g/mol. The Morgan fingerprint density at radius 3 is 2.59 bits per heavy atom. The number of aliphatic hydroxyl groups is 2. The van der Waals surface area contributed by atoms with Crippen LogP contribution >= 0.6 is 11.3 Å². The van der Waals surface area contributed by atoms with Crippen molar-refractivity contribution in [3.05, 3.63) is 34.6 Å². The Morgan fingerprint density at radius 1 is 1.07 bits per heavy atom. The van der Waals surface area contributed by atoms with E-state index in [4.69, 9.17) is 0 Å². The van der Waals surface area contributed by atoms with Crippen molar-refractivity contribution in [1.82, 2.24) is 15.0 Å². The molecule has 0 saturated heterocycles. The number of H-pyrrole nitrogens is 1. The number of hydrogen-bond donors (Lipinski definition) is 5. The fourth-order valence-corrected chi connectivity index (χ4v) is 4.87. The van der Waals surface area contributed by atoms with Gasteiger partial charge in [-0.25, -0.2) is 4.98 Å². The molecule has 2 aliphatic carbocycles. The van der Waals surface area contributed by atoms with E-state index in [-0.39, 0.29) is 11.6 Å². The minimum absolute atomic E-state index is 0.281. The number of benzene rings is 1. The molecule has 2 fully saturated rings. The lowest BCUT2D eigenvalue weighted by Crippen LogP contribution is -2.35. The first-order chi connectivity index (χ1) is 14.1. The van der Waals surface area contributed by atoms with Crippen LogP contribution in [0.4, 0.5) is 11.8 Å². The molecule has 2 saturated carbocycles. The molecule has 2 aliphatic rings. The summed E-state index contributed by atoms with van der Waals surface area (Å²) in [6, 6.07) is 7.67. The van der Waals surface area contributed by atoms with Crippen LogP contribution in [0.3, 0.4) is 0 Å². The summed E-state index contributed by atoms with van der Waals surface area (Å²) in [6.07, 6.45) is 2.71. The quantitative estimate of drug-likeness (QED) is 0.435. The molecule has 0 bridgehead atoms. The van der Waals surface area contributed by atoms with E-state index in [0.717, 1.165) is 23.1 Å². The van der Waals surface area contributed by atoms with E-state index in [1.165, 1.54) is 17.8 Å².